The average molecular weight is 472 g/mol. The van der Waals surface area contributed by atoms with E-state index in [1.807, 2.05) is 12.1 Å². The highest BCUT2D eigenvalue weighted by atomic mass is 32.2. The molecule has 0 radical (unpaired) electrons. The number of aryl methyl sites for hydroxylation is 1. The van der Waals surface area contributed by atoms with Crippen LogP contribution in [0.1, 0.15) is 49.7 Å². The van der Waals surface area contributed by atoms with Crippen molar-refractivity contribution in [1.82, 2.24) is 4.31 Å². The van der Waals surface area contributed by atoms with E-state index in [2.05, 4.69) is 6.92 Å². The number of carbonyl (C=O) groups excluding carboxylic acids is 1. The fourth-order valence-electron chi connectivity index (χ4n) is 7.00. The lowest BCUT2D eigenvalue weighted by Crippen LogP contribution is -2.46. The molecular formula is C26H30FNO4S. The predicted molar refractivity (Wildman–Crippen MR) is 123 cm³/mol. The molecule has 5 nitrogen and oxygen atoms in total. The van der Waals surface area contributed by atoms with Crippen LogP contribution in [0.15, 0.2) is 47.4 Å². The van der Waals surface area contributed by atoms with Gasteiger partial charge in [0.15, 0.2) is 0 Å². The average Bonchev–Trinajstić information content (AvgIpc) is 3.03. The van der Waals surface area contributed by atoms with Crippen LogP contribution in [0.25, 0.3) is 0 Å². The van der Waals surface area contributed by atoms with Crippen LogP contribution in [0.2, 0.25) is 0 Å². The standard InChI is InChI=1S/C26H30FNO4S/c1-26-12-11-22-21-10-6-19(29)13-16(21)3-9-23(22)25(26)17(14-24(26)30)15-28(2)33(31,32)20-7-4-18(27)5-8-20/h4-8,10,13,17,22-23,25,29H,3,9,11-12,14-15H2,1-2H3/t17-,22-,23-,25+,26-/m1/s1. The van der Waals surface area contributed by atoms with E-state index in [1.54, 1.807) is 13.1 Å². The van der Waals surface area contributed by atoms with E-state index in [-0.39, 0.29) is 34.8 Å². The zero-order chi connectivity index (χ0) is 23.5. The normalized spacial score (nSPS) is 31.2. The number of rotatable bonds is 4. The summed E-state index contributed by atoms with van der Waals surface area (Å²) in [6.07, 6.45) is 3.96. The Morgan fingerprint density at radius 1 is 1.15 bits per heavy atom. The second-order valence-corrected chi connectivity index (χ2v) is 12.3. The van der Waals surface area contributed by atoms with Crippen LogP contribution in [-0.2, 0) is 21.2 Å². The third kappa shape index (κ3) is 3.60. The van der Waals surface area contributed by atoms with Gasteiger partial charge in [-0.1, -0.05) is 13.0 Å². The second-order valence-electron chi connectivity index (χ2n) is 10.3. The molecule has 7 heteroatoms. The Balaban J connectivity index is 1.44. The molecule has 3 aliphatic rings. The molecular weight excluding hydrogens is 441 g/mol. The Labute approximate surface area is 194 Å². The first-order chi connectivity index (χ1) is 15.6. The highest BCUT2D eigenvalue weighted by Crippen LogP contribution is 2.61. The van der Waals surface area contributed by atoms with Gasteiger partial charge in [0.25, 0.3) is 0 Å². The molecule has 0 amide bonds. The molecule has 0 spiro atoms. The monoisotopic (exact) mass is 471 g/mol. The molecule has 3 aliphatic carbocycles. The lowest BCUT2D eigenvalue weighted by Gasteiger charge is -2.50. The van der Waals surface area contributed by atoms with Crippen molar-refractivity contribution in [3.63, 3.8) is 0 Å². The largest absolute Gasteiger partial charge is 0.508 e. The smallest absolute Gasteiger partial charge is 0.242 e. The summed E-state index contributed by atoms with van der Waals surface area (Å²) in [5.74, 6) is 0.784. The SMILES string of the molecule is CN(C[C@H]1CC(=O)[C@@]2(C)CC[C@@H]3c4ccc(O)cc4CC[C@H]3[C@H]12)S(=O)(=O)c1ccc(F)cc1. The molecule has 176 valence electrons. The number of benzene rings is 2. The molecule has 2 aromatic rings. The third-order valence-electron chi connectivity index (χ3n) is 8.57. The molecule has 0 heterocycles. The Morgan fingerprint density at radius 3 is 2.61 bits per heavy atom. The lowest BCUT2D eigenvalue weighted by atomic mass is 9.54. The Kier molecular flexibility index (Phi) is 5.40. The molecule has 0 bridgehead atoms. The zero-order valence-corrected chi connectivity index (χ0v) is 19.8. The summed E-state index contributed by atoms with van der Waals surface area (Å²) in [5, 5.41) is 9.91. The maximum absolute atomic E-state index is 13.3. The van der Waals surface area contributed by atoms with Crippen molar-refractivity contribution in [3.8, 4) is 5.75 Å². The Bertz CT molecular complexity index is 1200. The van der Waals surface area contributed by atoms with Gasteiger partial charge >= 0.3 is 0 Å². The number of sulfonamides is 1. The number of ketones is 1. The van der Waals surface area contributed by atoms with Gasteiger partial charge in [-0.3, -0.25) is 4.79 Å². The minimum absolute atomic E-state index is 0.0470. The number of nitrogens with zero attached hydrogens (tertiary/aromatic N) is 1. The van der Waals surface area contributed by atoms with Crippen LogP contribution in [0.3, 0.4) is 0 Å². The summed E-state index contributed by atoms with van der Waals surface area (Å²) in [7, 11) is -2.22. The number of halogens is 1. The first-order valence-corrected chi connectivity index (χ1v) is 13.1. The van der Waals surface area contributed by atoms with Crippen molar-refractivity contribution in [2.45, 2.75) is 49.8 Å². The van der Waals surface area contributed by atoms with Crippen molar-refractivity contribution in [2.75, 3.05) is 13.6 Å². The maximum atomic E-state index is 13.3. The van der Waals surface area contributed by atoms with E-state index in [1.165, 1.54) is 27.6 Å². The minimum atomic E-state index is -3.77. The van der Waals surface area contributed by atoms with Crippen molar-refractivity contribution in [1.29, 1.82) is 0 Å². The molecule has 0 aliphatic heterocycles. The molecule has 0 aromatic heterocycles. The van der Waals surface area contributed by atoms with Crippen molar-refractivity contribution in [2.24, 2.45) is 23.2 Å². The first kappa shape index (κ1) is 22.5. The van der Waals surface area contributed by atoms with Gasteiger partial charge in [-0.2, -0.15) is 0 Å². The van der Waals surface area contributed by atoms with Gasteiger partial charge in [0, 0.05) is 25.4 Å². The van der Waals surface area contributed by atoms with Crippen LogP contribution < -0.4 is 0 Å². The first-order valence-electron chi connectivity index (χ1n) is 11.7. The van der Waals surface area contributed by atoms with Crippen LogP contribution in [0.4, 0.5) is 4.39 Å². The van der Waals surface area contributed by atoms with Gasteiger partial charge in [-0.05, 0) is 96.9 Å². The topological polar surface area (TPSA) is 74.7 Å². The van der Waals surface area contributed by atoms with Crippen LogP contribution in [0, 0.1) is 29.0 Å². The summed E-state index contributed by atoms with van der Waals surface area (Å²) in [6.45, 7) is 2.36. The summed E-state index contributed by atoms with van der Waals surface area (Å²) in [5.41, 5.74) is 2.05. The number of phenols is 1. The fourth-order valence-corrected chi connectivity index (χ4v) is 8.23. The number of Topliss-reactive ketones (excluding diaryl/α,β-unsaturated/α-hetero) is 1. The van der Waals surface area contributed by atoms with Crippen LogP contribution in [0.5, 0.6) is 5.75 Å². The van der Waals surface area contributed by atoms with Gasteiger partial charge < -0.3 is 5.11 Å². The van der Waals surface area contributed by atoms with Crippen molar-refractivity contribution >= 4 is 15.8 Å². The summed E-state index contributed by atoms with van der Waals surface area (Å²) in [4.78, 5) is 13.3. The highest BCUT2D eigenvalue weighted by molar-refractivity contribution is 7.89. The molecule has 5 atom stereocenters. The predicted octanol–water partition coefficient (Wildman–Crippen LogP) is 4.50. The van der Waals surface area contributed by atoms with Gasteiger partial charge in [-0.15, -0.1) is 0 Å². The number of aromatic hydroxyl groups is 1. The van der Waals surface area contributed by atoms with E-state index in [0.717, 1.165) is 37.8 Å². The minimum Gasteiger partial charge on any atom is -0.508 e. The van der Waals surface area contributed by atoms with Crippen molar-refractivity contribution < 1.29 is 22.7 Å². The van der Waals surface area contributed by atoms with Gasteiger partial charge in [0.1, 0.15) is 17.3 Å². The summed E-state index contributed by atoms with van der Waals surface area (Å²) in [6, 6.07) is 10.5. The molecule has 2 saturated carbocycles. The van der Waals surface area contributed by atoms with Crippen LogP contribution >= 0.6 is 0 Å². The summed E-state index contributed by atoms with van der Waals surface area (Å²) < 4.78 is 40.9. The maximum Gasteiger partial charge on any atom is 0.242 e. The quantitative estimate of drug-likeness (QED) is 0.712. The highest BCUT2D eigenvalue weighted by Gasteiger charge is 2.58. The van der Waals surface area contributed by atoms with E-state index in [0.29, 0.717) is 18.3 Å². The molecule has 5 rings (SSSR count). The molecule has 2 aromatic carbocycles. The third-order valence-corrected chi connectivity index (χ3v) is 10.4. The fraction of sp³-hybridized carbons (Fsp3) is 0.500. The molecule has 33 heavy (non-hydrogen) atoms. The van der Waals surface area contributed by atoms with E-state index in [4.69, 9.17) is 0 Å². The summed E-state index contributed by atoms with van der Waals surface area (Å²) >= 11 is 0. The molecule has 0 saturated heterocycles. The lowest BCUT2D eigenvalue weighted by molar-refractivity contribution is -0.129. The molecule has 0 unspecified atom stereocenters. The molecule has 2 fully saturated rings. The number of hydrogen-bond acceptors (Lipinski definition) is 4. The number of phenolic OH excluding ortho intramolecular Hbond substituents is 1. The number of carbonyl (C=O) groups is 1. The Morgan fingerprint density at radius 2 is 1.88 bits per heavy atom. The number of fused-ring (bicyclic) bond motifs is 5. The van der Waals surface area contributed by atoms with Crippen molar-refractivity contribution in [3.05, 3.63) is 59.4 Å². The Hall–Kier alpha value is -2.25. The number of hydrogen-bond donors (Lipinski definition) is 1. The van der Waals surface area contributed by atoms with Crippen LogP contribution in [-0.4, -0.2) is 37.2 Å². The van der Waals surface area contributed by atoms with Gasteiger partial charge in [-0.25, -0.2) is 17.1 Å². The van der Waals surface area contributed by atoms with Gasteiger partial charge in [0.05, 0.1) is 4.90 Å². The van der Waals surface area contributed by atoms with E-state index < -0.39 is 21.3 Å². The zero-order valence-electron chi connectivity index (χ0n) is 19.0. The van der Waals surface area contributed by atoms with E-state index in [9.17, 15) is 22.7 Å². The molecule has 1 N–H and O–H groups in total. The van der Waals surface area contributed by atoms with E-state index >= 15 is 0 Å². The van der Waals surface area contributed by atoms with Gasteiger partial charge in [0.2, 0.25) is 10.0 Å². The second kappa shape index (κ2) is 7.91.